The predicted molar refractivity (Wildman–Crippen MR) is 118 cm³/mol. The smallest absolute Gasteiger partial charge is 0.337 e. The molecular formula is C24H22N2O5. The van der Waals surface area contributed by atoms with Crippen LogP contribution in [0.4, 0.5) is 0 Å². The summed E-state index contributed by atoms with van der Waals surface area (Å²) in [6, 6.07) is 16.2. The summed E-state index contributed by atoms with van der Waals surface area (Å²) >= 11 is 0. The van der Waals surface area contributed by atoms with Crippen molar-refractivity contribution >= 4 is 33.7 Å². The third kappa shape index (κ3) is 3.48. The molecule has 0 saturated carbocycles. The molecule has 0 atom stereocenters. The minimum atomic E-state index is -1.11. The molecule has 4 aromatic rings. The number of hydrogen-bond donors (Lipinski definition) is 2. The van der Waals surface area contributed by atoms with Crippen LogP contribution in [-0.2, 0) is 17.9 Å². The van der Waals surface area contributed by atoms with Gasteiger partial charge >= 0.3 is 11.9 Å². The molecular weight excluding hydrogens is 396 g/mol. The molecule has 0 saturated heterocycles. The largest absolute Gasteiger partial charge is 0.480 e. The fourth-order valence-electron chi connectivity index (χ4n) is 4.16. The second-order valence-electron chi connectivity index (χ2n) is 7.85. The normalized spacial score (nSPS) is 11.5. The van der Waals surface area contributed by atoms with Gasteiger partial charge in [0.15, 0.2) is 0 Å². The van der Waals surface area contributed by atoms with E-state index in [9.17, 15) is 24.6 Å². The Labute approximate surface area is 177 Å². The van der Waals surface area contributed by atoms with E-state index in [0.717, 1.165) is 5.56 Å². The molecule has 7 nitrogen and oxygen atoms in total. The van der Waals surface area contributed by atoms with Crippen molar-refractivity contribution in [3.63, 3.8) is 0 Å². The highest BCUT2D eigenvalue weighted by Gasteiger charge is 2.23. The summed E-state index contributed by atoms with van der Waals surface area (Å²) in [5, 5.41) is 20.5. The number of aliphatic carboxylic acids is 1. The number of aromatic carboxylic acids is 1. The first-order valence-corrected chi connectivity index (χ1v) is 9.97. The van der Waals surface area contributed by atoms with E-state index in [-0.39, 0.29) is 18.0 Å². The van der Waals surface area contributed by atoms with Crippen molar-refractivity contribution in [2.24, 2.45) is 0 Å². The zero-order chi connectivity index (χ0) is 22.3. The summed E-state index contributed by atoms with van der Waals surface area (Å²) in [4.78, 5) is 37.1. The zero-order valence-electron chi connectivity index (χ0n) is 17.2. The van der Waals surface area contributed by atoms with Crippen molar-refractivity contribution in [1.29, 1.82) is 0 Å². The summed E-state index contributed by atoms with van der Waals surface area (Å²) in [6.07, 6.45) is 0. The second-order valence-corrected chi connectivity index (χ2v) is 7.85. The van der Waals surface area contributed by atoms with E-state index in [2.05, 4.69) is 0 Å². The van der Waals surface area contributed by atoms with Gasteiger partial charge in [-0.3, -0.25) is 14.2 Å². The Balaban J connectivity index is 2.18. The third-order valence-corrected chi connectivity index (χ3v) is 5.47. The summed E-state index contributed by atoms with van der Waals surface area (Å²) in [6.45, 7) is 3.62. The number of aromatic nitrogens is 2. The standard InChI is InChI=1S/C24H22N2O5/c1-14(2)19-11-18-16-9-6-10-17(24(30)31)21(16)26(12-15-7-4-3-5-8-15)22(18)23(29)25(19)13-20(27)28/h3-11,14H,12-13H2,1-2H3,(H,27,28)(H,30,31). The number of carboxylic acids is 2. The van der Waals surface area contributed by atoms with Crippen LogP contribution in [0.25, 0.3) is 21.8 Å². The minimum absolute atomic E-state index is 0.0911. The number of fused-ring (bicyclic) bond motifs is 3. The van der Waals surface area contributed by atoms with Crippen LogP contribution in [-0.4, -0.2) is 31.3 Å². The van der Waals surface area contributed by atoms with Crippen LogP contribution in [0.5, 0.6) is 0 Å². The Kier molecular flexibility index (Phi) is 5.10. The van der Waals surface area contributed by atoms with Gasteiger partial charge in [-0.2, -0.15) is 0 Å². The number of carboxylic acid groups (broad SMARTS) is 2. The summed E-state index contributed by atoms with van der Waals surface area (Å²) in [7, 11) is 0. The zero-order valence-corrected chi connectivity index (χ0v) is 17.2. The molecule has 0 aliphatic rings. The van der Waals surface area contributed by atoms with Gasteiger partial charge in [0, 0.05) is 23.0 Å². The van der Waals surface area contributed by atoms with Gasteiger partial charge in [-0.1, -0.05) is 56.3 Å². The lowest BCUT2D eigenvalue weighted by Crippen LogP contribution is -2.29. The van der Waals surface area contributed by atoms with Gasteiger partial charge in [0.1, 0.15) is 12.1 Å². The molecule has 2 N–H and O–H groups in total. The Morgan fingerprint density at radius 2 is 1.61 bits per heavy atom. The molecule has 0 radical (unpaired) electrons. The topological polar surface area (TPSA) is 102 Å². The first kappa shape index (κ1) is 20.4. The van der Waals surface area contributed by atoms with E-state index < -0.39 is 24.0 Å². The van der Waals surface area contributed by atoms with Gasteiger partial charge in [-0.25, -0.2) is 4.79 Å². The van der Waals surface area contributed by atoms with Crippen molar-refractivity contribution in [3.8, 4) is 0 Å². The van der Waals surface area contributed by atoms with E-state index in [4.69, 9.17) is 0 Å². The molecule has 2 heterocycles. The monoisotopic (exact) mass is 418 g/mol. The number of pyridine rings is 1. The lowest BCUT2D eigenvalue weighted by molar-refractivity contribution is -0.137. The van der Waals surface area contributed by atoms with Crippen LogP contribution >= 0.6 is 0 Å². The van der Waals surface area contributed by atoms with Crippen LogP contribution in [0.2, 0.25) is 0 Å². The van der Waals surface area contributed by atoms with Crippen molar-refractivity contribution < 1.29 is 19.8 Å². The molecule has 0 spiro atoms. The fraction of sp³-hybridized carbons (Fsp3) is 0.208. The number of para-hydroxylation sites is 1. The number of hydrogen-bond acceptors (Lipinski definition) is 3. The van der Waals surface area contributed by atoms with Crippen molar-refractivity contribution in [3.05, 3.63) is 81.8 Å². The van der Waals surface area contributed by atoms with E-state index >= 15 is 0 Å². The van der Waals surface area contributed by atoms with E-state index in [0.29, 0.717) is 27.5 Å². The van der Waals surface area contributed by atoms with Crippen LogP contribution in [0, 0.1) is 0 Å². The molecule has 7 heteroatoms. The van der Waals surface area contributed by atoms with Crippen molar-refractivity contribution in [2.45, 2.75) is 32.9 Å². The molecule has 31 heavy (non-hydrogen) atoms. The quantitative estimate of drug-likeness (QED) is 0.494. The molecule has 0 unspecified atom stereocenters. The highest BCUT2D eigenvalue weighted by Crippen LogP contribution is 2.32. The van der Waals surface area contributed by atoms with Crippen LogP contribution in [0.1, 0.15) is 41.4 Å². The Morgan fingerprint density at radius 3 is 2.23 bits per heavy atom. The highest BCUT2D eigenvalue weighted by atomic mass is 16.4. The number of rotatable bonds is 6. The van der Waals surface area contributed by atoms with Crippen LogP contribution in [0.15, 0.2) is 59.4 Å². The maximum atomic E-state index is 13.6. The van der Waals surface area contributed by atoms with E-state index in [1.54, 1.807) is 16.7 Å². The number of benzene rings is 2. The third-order valence-electron chi connectivity index (χ3n) is 5.47. The predicted octanol–water partition coefficient (Wildman–Crippen LogP) is 3.91. The average molecular weight is 418 g/mol. The molecule has 0 bridgehead atoms. The highest BCUT2D eigenvalue weighted by molar-refractivity contribution is 6.14. The minimum Gasteiger partial charge on any atom is -0.480 e. The van der Waals surface area contributed by atoms with Gasteiger partial charge < -0.3 is 14.8 Å². The first-order valence-electron chi connectivity index (χ1n) is 9.97. The molecule has 0 aliphatic carbocycles. The second kappa shape index (κ2) is 7.75. The summed E-state index contributed by atoms with van der Waals surface area (Å²) in [5.41, 5.74) is 1.91. The summed E-state index contributed by atoms with van der Waals surface area (Å²) in [5.74, 6) is -2.29. The van der Waals surface area contributed by atoms with Gasteiger partial charge in [0.25, 0.3) is 5.56 Å². The van der Waals surface area contributed by atoms with Gasteiger partial charge in [0.2, 0.25) is 0 Å². The molecule has 0 amide bonds. The molecule has 2 aromatic carbocycles. The maximum Gasteiger partial charge on any atom is 0.337 e. The van der Waals surface area contributed by atoms with Gasteiger partial charge in [0.05, 0.1) is 11.1 Å². The van der Waals surface area contributed by atoms with Crippen molar-refractivity contribution in [2.75, 3.05) is 0 Å². The van der Waals surface area contributed by atoms with Gasteiger partial charge in [-0.15, -0.1) is 0 Å². The SMILES string of the molecule is CC(C)c1cc2c3cccc(C(=O)O)c3n(Cc3ccccc3)c2c(=O)n1CC(=O)O. The lowest BCUT2D eigenvalue weighted by atomic mass is 10.0. The number of nitrogens with zero attached hydrogens (tertiary/aromatic N) is 2. The Bertz CT molecular complexity index is 1380. The molecule has 0 aliphatic heterocycles. The maximum absolute atomic E-state index is 13.6. The van der Waals surface area contributed by atoms with Crippen LogP contribution < -0.4 is 5.56 Å². The number of carbonyl (C=O) groups is 2. The molecule has 2 aromatic heterocycles. The van der Waals surface area contributed by atoms with E-state index in [1.165, 1.54) is 10.6 Å². The summed E-state index contributed by atoms with van der Waals surface area (Å²) < 4.78 is 2.98. The van der Waals surface area contributed by atoms with E-state index in [1.807, 2.05) is 50.2 Å². The van der Waals surface area contributed by atoms with Crippen molar-refractivity contribution in [1.82, 2.24) is 9.13 Å². The fourth-order valence-corrected chi connectivity index (χ4v) is 4.16. The Hall–Kier alpha value is -3.87. The molecule has 4 rings (SSSR count). The Morgan fingerprint density at radius 1 is 0.903 bits per heavy atom. The lowest BCUT2D eigenvalue weighted by Gasteiger charge is -2.15. The van der Waals surface area contributed by atoms with Crippen LogP contribution in [0.3, 0.4) is 0 Å². The first-order chi connectivity index (χ1) is 14.8. The average Bonchev–Trinajstić information content (AvgIpc) is 3.04. The molecule has 0 fully saturated rings. The van der Waals surface area contributed by atoms with Gasteiger partial charge in [-0.05, 0) is 23.6 Å². The molecule has 158 valence electrons.